The Morgan fingerprint density at radius 2 is 2.00 bits per heavy atom. The highest BCUT2D eigenvalue weighted by Gasteiger charge is 1.87. The molecule has 0 aliphatic heterocycles. The third-order valence-corrected chi connectivity index (χ3v) is 1.29. The van der Waals surface area contributed by atoms with E-state index in [0.717, 1.165) is 12.3 Å². The maximum Gasteiger partial charge on any atom is 0.119 e. The van der Waals surface area contributed by atoms with Gasteiger partial charge in [-0.25, -0.2) is 0 Å². The minimum absolute atomic E-state index is 0.660. The molecule has 2 nitrogen and oxygen atoms in total. The Kier molecular flexibility index (Phi) is 3.48. The lowest BCUT2D eigenvalue weighted by atomic mass is 10.3. The lowest BCUT2D eigenvalue weighted by Gasteiger charge is -2.03. The van der Waals surface area contributed by atoms with Gasteiger partial charge in [-0.2, -0.15) is 0 Å². The summed E-state index contributed by atoms with van der Waals surface area (Å²) < 4.78 is 5.34. The standard InChI is InChI=1S/C9H12NO/c1-10-7-8-11-9-5-3-2-4-6-9/h2-6,10H,1,7-8H2. The highest BCUT2D eigenvalue weighted by molar-refractivity contribution is 5.20. The van der Waals surface area contributed by atoms with E-state index in [2.05, 4.69) is 12.4 Å². The van der Waals surface area contributed by atoms with E-state index in [1.807, 2.05) is 30.3 Å². The molecule has 59 valence electrons. The Labute approximate surface area is 67.2 Å². The Bertz CT molecular complexity index is 186. The van der Waals surface area contributed by atoms with Crippen molar-refractivity contribution in [3.05, 3.63) is 37.4 Å². The van der Waals surface area contributed by atoms with Crippen LogP contribution in [0.2, 0.25) is 0 Å². The van der Waals surface area contributed by atoms with E-state index < -0.39 is 0 Å². The zero-order valence-electron chi connectivity index (χ0n) is 6.42. The minimum atomic E-state index is 0.660. The van der Waals surface area contributed by atoms with Crippen molar-refractivity contribution in [3.8, 4) is 5.75 Å². The van der Waals surface area contributed by atoms with Crippen molar-refractivity contribution >= 4 is 0 Å². The van der Waals surface area contributed by atoms with Crippen LogP contribution in [0.5, 0.6) is 5.75 Å². The van der Waals surface area contributed by atoms with Gasteiger partial charge >= 0.3 is 0 Å². The first-order valence-electron chi connectivity index (χ1n) is 3.61. The average Bonchev–Trinajstić information content (AvgIpc) is 2.07. The average molecular weight is 150 g/mol. The summed E-state index contributed by atoms with van der Waals surface area (Å²) in [5.74, 6) is 0.905. The summed E-state index contributed by atoms with van der Waals surface area (Å²) in [6.45, 7) is 1.43. The molecule has 0 aliphatic carbocycles. The number of hydrogen-bond acceptors (Lipinski definition) is 2. The molecule has 0 saturated heterocycles. The third-order valence-electron chi connectivity index (χ3n) is 1.29. The molecular formula is C9H12NO. The van der Waals surface area contributed by atoms with Gasteiger partial charge in [0.2, 0.25) is 0 Å². The lowest BCUT2D eigenvalue weighted by molar-refractivity contribution is 0.320. The zero-order chi connectivity index (χ0) is 7.94. The van der Waals surface area contributed by atoms with Crippen LogP contribution in [-0.4, -0.2) is 13.2 Å². The van der Waals surface area contributed by atoms with Crippen LogP contribution in [0.25, 0.3) is 0 Å². The Morgan fingerprint density at radius 3 is 2.64 bits per heavy atom. The topological polar surface area (TPSA) is 21.3 Å². The summed E-state index contributed by atoms with van der Waals surface area (Å²) in [6.07, 6.45) is 0. The fourth-order valence-corrected chi connectivity index (χ4v) is 0.758. The first-order chi connectivity index (χ1) is 5.43. The van der Waals surface area contributed by atoms with Crippen LogP contribution >= 0.6 is 0 Å². The zero-order valence-corrected chi connectivity index (χ0v) is 6.42. The fraction of sp³-hybridized carbons (Fsp3) is 0.222. The van der Waals surface area contributed by atoms with Gasteiger partial charge in [-0.3, -0.25) is 0 Å². The summed E-state index contributed by atoms with van der Waals surface area (Å²) in [4.78, 5) is 0. The number of nitrogens with one attached hydrogen (secondary N) is 1. The smallest absolute Gasteiger partial charge is 0.119 e. The number of hydrogen-bond donors (Lipinski definition) is 1. The molecule has 0 aromatic heterocycles. The Morgan fingerprint density at radius 1 is 1.27 bits per heavy atom. The van der Waals surface area contributed by atoms with E-state index >= 15 is 0 Å². The Hall–Kier alpha value is -1.02. The quantitative estimate of drug-likeness (QED) is 0.656. The van der Waals surface area contributed by atoms with Crippen molar-refractivity contribution in [2.45, 2.75) is 0 Å². The van der Waals surface area contributed by atoms with Gasteiger partial charge in [0, 0.05) is 13.6 Å². The number of rotatable bonds is 4. The predicted octanol–water partition coefficient (Wildman–Crippen LogP) is 1.45. The summed E-state index contributed by atoms with van der Waals surface area (Å²) in [7, 11) is 3.49. The first kappa shape index (κ1) is 8.08. The van der Waals surface area contributed by atoms with Crippen LogP contribution in [0.4, 0.5) is 0 Å². The van der Waals surface area contributed by atoms with Crippen LogP contribution in [0, 0.1) is 7.05 Å². The molecule has 2 heteroatoms. The summed E-state index contributed by atoms with van der Waals surface area (Å²) in [6, 6.07) is 9.73. The molecule has 0 amide bonds. The van der Waals surface area contributed by atoms with Gasteiger partial charge in [-0.1, -0.05) is 18.2 Å². The molecular weight excluding hydrogens is 138 g/mol. The van der Waals surface area contributed by atoms with Crippen LogP contribution in [0.1, 0.15) is 0 Å². The van der Waals surface area contributed by atoms with E-state index in [1.165, 1.54) is 0 Å². The van der Waals surface area contributed by atoms with E-state index in [0.29, 0.717) is 6.61 Å². The first-order valence-corrected chi connectivity index (χ1v) is 3.61. The van der Waals surface area contributed by atoms with Gasteiger partial charge in [0.1, 0.15) is 12.4 Å². The maximum atomic E-state index is 5.34. The minimum Gasteiger partial charge on any atom is -0.492 e. The van der Waals surface area contributed by atoms with Gasteiger partial charge in [-0.05, 0) is 12.1 Å². The monoisotopic (exact) mass is 150 g/mol. The number of benzene rings is 1. The molecule has 0 bridgehead atoms. The molecule has 0 unspecified atom stereocenters. The molecule has 1 aromatic carbocycles. The van der Waals surface area contributed by atoms with Crippen molar-refractivity contribution in [2.24, 2.45) is 0 Å². The summed E-state index contributed by atoms with van der Waals surface area (Å²) in [5, 5.41) is 2.76. The second kappa shape index (κ2) is 4.74. The second-order valence-electron chi connectivity index (χ2n) is 2.16. The molecule has 1 N–H and O–H groups in total. The van der Waals surface area contributed by atoms with Crippen LogP contribution in [0.15, 0.2) is 30.3 Å². The molecule has 0 spiro atoms. The molecule has 0 heterocycles. The lowest BCUT2D eigenvalue weighted by Crippen LogP contribution is -2.13. The largest absolute Gasteiger partial charge is 0.492 e. The summed E-state index contributed by atoms with van der Waals surface area (Å²) >= 11 is 0. The van der Waals surface area contributed by atoms with Gasteiger partial charge in [0.15, 0.2) is 0 Å². The van der Waals surface area contributed by atoms with Gasteiger partial charge < -0.3 is 10.1 Å². The van der Waals surface area contributed by atoms with E-state index in [1.54, 1.807) is 0 Å². The van der Waals surface area contributed by atoms with Crippen molar-refractivity contribution in [3.63, 3.8) is 0 Å². The second-order valence-corrected chi connectivity index (χ2v) is 2.16. The van der Waals surface area contributed by atoms with E-state index in [-0.39, 0.29) is 0 Å². The molecule has 11 heavy (non-hydrogen) atoms. The fourth-order valence-electron chi connectivity index (χ4n) is 0.758. The van der Waals surface area contributed by atoms with Crippen molar-refractivity contribution < 1.29 is 4.74 Å². The molecule has 1 rings (SSSR count). The number of para-hydroxylation sites is 1. The van der Waals surface area contributed by atoms with E-state index in [4.69, 9.17) is 4.74 Å². The van der Waals surface area contributed by atoms with Crippen LogP contribution in [0.3, 0.4) is 0 Å². The molecule has 0 fully saturated rings. The van der Waals surface area contributed by atoms with Gasteiger partial charge in [0.05, 0.1) is 0 Å². The molecule has 1 aromatic rings. The van der Waals surface area contributed by atoms with E-state index in [9.17, 15) is 0 Å². The normalized spacial score (nSPS) is 9.55. The molecule has 0 saturated carbocycles. The highest BCUT2D eigenvalue weighted by atomic mass is 16.5. The van der Waals surface area contributed by atoms with Crippen molar-refractivity contribution in [1.29, 1.82) is 0 Å². The summed E-state index contributed by atoms with van der Waals surface area (Å²) in [5.41, 5.74) is 0. The third kappa shape index (κ3) is 3.05. The van der Waals surface area contributed by atoms with Gasteiger partial charge in [-0.15, -0.1) is 0 Å². The van der Waals surface area contributed by atoms with Crippen LogP contribution < -0.4 is 10.1 Å². The molecule has 0 aliphatic rings. The predicted molar refractivity (Wildman–Crippen MR) is 45.3 cm³/mol. The maximum absolute atomic E-state index is 5.34. The van der Waals surface area contributed by atoms with Crippen molar-refractivity contribution in [2.75, 3.05) is 13.2 Å². The highest BCUT2D eigenvalue weighted by Crippen LogP contribution is 2.07. The molecule has 1 radical (unpaired) electrons. The van der Waals surface area contributed by atoms with Crippen LogP contribution in [-0.2, 0) is 0 Å². The number of ether oxygens (including phenoxy) is 1. The van der Waals surface area contributed by atoms with Crippen molar-refractivity contribution in [1.82, 2.24) is 5.32 Å². The Balaban J connectivity index is 2.28. The molecule has 0 atom stereocenters. The van der Waals surface area contributed by atoms with Gasteiger partial charge in [0.25, 0.3) is 0 Å². The SMILES string of the molecule is [CH2]NCCOc1ccccc1.